The van der Waals surface area contributed by atoms with Gasteiger partial charge in [0.15, 0.2) is 0 Å². The number of nitrogens with one attached hydrogen (secondary N) is 1. The number of nitrogens with zero attached hydrogens (tertiary/aromatic N) is 1. The number of hydrogen-bond donors (Lipinski definition) is 2. The number of hydrogen-bond acceptors (Lipinski definition) is 3. The molecule has 0 bridgehead atoms. The Balaban J connectivity index is 2.47. The molecule has 2 aromatic rings. The van der Waals surface area contributed by atoms with Gasteiger partial charge in [0.05, 0.1) is 5.52 Å². The largest absolute Gasteiger partial charge is 0.477 e. The summed E-state index contributed by atoms with van der Waals surface area (Å²) in [6.45, 7) is 2.33. The second-order valence-corrected chi connectivity index (χ2v) is 5.15. The third-order valence-corrected chi connectivity index (χ3v) is 3.64. The standard InChI is InChI=1S/C15H15FN2O3/c1-2-17-14-12(15(20)21)13(19)10-7-8(16)3-6-11(10)18(14)9-4-5-9/h3,6-7,9,17H,2,4-5H2,1H3,(H,20,21). The van der Waals surface area contributed by atoms with Gasteiger partial charge in [-0.15, -0.1) is 0 Å². The van der Waals surface area contributed by atoms with Crippen LogP contribution in [0.1, 0.15) is 36.2 Å². The van der Waals surface area contributed by atoms with Crippen molar-refractivity contribution in [3.63, 3.8) is 0 Å². The Morgan fingerprint density at radius 3 is 2.76 bits per heavy atom. The molecule has 3 rings (SSSR count). The molecule has 6 heteroatoms. The molecule has 0 radical (unpaired) electrons. The van der Waals surface area contributed by atoms with Gasteiger partial charge in [-0.1, -0.05) is 0 Å². The Hall–Kier alpha value is -2.37. The third kappa shape index (κ3) is 2.16. The summed E-state index contributed by atoms with van der Waals surface area (Å²) < 4.78 is 15.3. The lowest BCUT2D eigenvalue weighted by atomic mass is 10.1. The number of rotatable bonds is 4. The fraction of sp³-hybridized carbons (Fsp3) is 0.333. The lowest BCUT2D eigenvalue weighted by Gasteiger charge is -2.19. The van der Waals surface area contributed by atoms with Crippen molar-refractivity contribution >= 4 is 22.7 Å². The maximum atomic E-state index is 13.4. The average molecular weight is 290 g/mol. The van der Waals surface area contributed by atoms with E-state index in [0.717, 1.165) is 18.9 Å². The Bertz CT molecular complexity index is 794. The van der Waals surface area contributed by atoms with E-state index < -0.39 is 17.2 Å². The van der Waals surface area contributed by atoms with Gasteiger partial charge in [-0.05, 0) is 38.0 Å². The quantitative estimate of drug-likeness (QED) is 0.908. The van der Waals surface area contributed by atoms with Crippen LogP contribution >= 0.6 is 0 Å². The van der Waals surface area contributed by atoms with Crippen LogP contribution in [0.25, 0.3) is 10.9 Å². The van der Waals surface area contributed by atoms with Gasteiger partial charge in [-0.3, -0.25) is 4.79 Å². The van der Waals surface area contributed by atoms with Gasteiger partial charge in [0.2, 0.25) is 5.43 Å². The van der Waals surface area contributed by atoms with Crippen LogP contribution in [-0.2, 0) is 0 Å². The summed E-state index contributed by atoms with van der Waals surface area (Å²) >= 11 is 0. The molecule has 0 spiro atoms. The fourth-order valence-corrected chi connectivity index (χ4v) is 2.63. The second kappa shape index (κ2) is 4.87. The van der Waals surface area contributed by atoms with E-state index in [1.165, 1.54) is 12.1 Å². The third-order valence-electron chi connectivity index (χ3n) is 3.64. The van der Waals surface area contributed by atoms with Crippen molar-refractivity contribution in [1.29, 1.82) is 0 Å². The molecule has 1 aliphatic rings. The molecule has 110 valence electrons. The molecule has 1 heterocycles. The van der Waals surface area contributed by atoms with Crippen LogP contribution in [0.3, 0.4) is 0 Å². The van der Waals surface area contributed by atoms with Crippen LogP contribution in [-0.4, -0.2) is 22.2 Å². The van der Waals surface area contributed by atoms with Crippen LogP contribution in [0.2, 0.25) is 0 Å². The Morgan fingerprint density at radius 1 is 1.48 bits per heavy atom. The van der Waals surface area contributed by atoms with Crippen LogP contribution < -0.4 is 10.7 Å². The maximum absolute atomic E-state index is 13.4. The van der Waals surface area contributed by atoms with Gasteiger partial charge in [0, 0.05) is 18.0 Å². The lowest BCUT2D eigenvalue weighted by molar-refractivity contribution is 0.0696. The molecule has 0 unspecified atom stereocenters. The molecule has 1 aromatic carbocycles. The van der Waals surface area contributed by atoms with E-state index in [1.807, 2.05) is 11.5 Å². The highest BCUT2D eigenvalue weighted by molar-refractivity contribution is 5.98. The van der Waals surface area contributed by atoms with Crippen molar-refractivity contribution < 1.29 is 14.3 Å². The second-order valence-electron chi connectivity index (χ2n) is 5.15. The molecule has 0 amide bonds. The van der Waals surface area contributed by atoms with Crippen molar-refractivity contribution in [2.75, 3.05) is 11.9 Å². The van der Waals surface area contributed by atoms with Gasteiger partial charge in [0.25, 0.3) is 0 Å². The number of benzene rings is 1. The summed E-state index contributed by atoms with van der Waals surface area (Å²) in [6, 6.07) is 4.09. The van der Waals surface area contributed by atoms with E-state index >= 15 is 0 Å². The zero-order valence-corrected chi connectivity index (χ0v) is 11.5. The smallest absolute Gasteiger partial charge is 0.343 e. The summed E-state index contributed by atoms with van der Waals surface area (Å²) in [7, 11) is 0. The summed E-state index contributed by atoms with van der Waals surface area (Å²) in [5.74, 6) is -1.53. The number of carboxylic acids is 1. The predicted molar refractivity (Wildman–Crippen MR) is 77.6 cm³/mol. The molecule has 0 aliphatic heterocycles. The Kier molecular flexibility index (Phi) is 3.16. The van der Waals surface area contributed by atoms with E-state index in [4.69, 9.17) is 0 Å². The van der Waals surface area contributed by atoms with E-state index in [1.54, 1.807) is 0 Å². The lowest BCUT2D eigenvalue weighted by Crippen LogP contribution is -2.24. The highest BCUT2D eigenvalue weighted by Crippen LogP contribution is 2.40. The minimum Gasteiger partial charge on any atom is -0.477 e. The fourth-order valence-electron chi connectivity index (χ4n) is 2.63. The monoisotopic (exact) mass is 290 g/mol. The number of fused-ring (bicyclic) bond motifs is 1. The van der Waals surface area contributed by atoms with E-state index in [0.29, 0.717) is 17.9 Å². The van der Waals surface area contributed by atoms with Crippen LogP contribution in [0.15, 0.2) is 23.0 Å². The first-order valence-electron chi connectivity index (χ1n) is 6.89. The van der Waals surface area contributed by atoms with Crippen LogP contribution in [0, 0.1) is 5.82 Å². The Morgan fingerprint density at radius 2 is 2.19 bits per heavy atom. The van der Waals surface area contributed by atoms with E-state index in [2.05, 4.69) is 5.32 Å². The molecule has 0 saturated heterocycles. The van der Waals surface area contributed by atoms with Crippen LogP contribution in [0.5, 0.6) is 0 Å². The van der Waals surface area contributed by atoms with Gasteiger partial charge >= 0.3 is 5.97 Å². The number of halogens is 1. The van der Waals surface area contributed by atoms with Crippen molar-refractivity contribution in [3.8, 4) is 0 Å². The van der Waals surface area contributed by atoms with Crippen molar-refractivity contribution in [3.05, 3.63) is 39.8 Å². The summed E-state index contributed by atoms with van der Waals surface area (Å²) in [6.07, 6.45) is 1.85. The highest BCUT2D eigenvalue weighted by Gasteiger charge is 2.31. The van der Waals surface area contributed by atoms with E-state index in [9.17, 15) is 19.1 Å². The molecule has 2 N–H and O–H groups in total. The van der Waals surface area contributed by atoms with Crippen molar-refractivity contribution in [2.24, 2.45) is 0 Å². The molecule has 1 aliphatic carbocycles. The zero-order chi connectivity index (χ0) is 15.1. The molecule has 21 heavy (non-hydrogen) atoms. The van der Waals surface area contributed by atoms with Crippen molar-refractivity contribution in [2.45, 2.75) is 25.8 Å². The van der Waals surface area contributed by atoms with Gasteiger partial charge in [-0.25, -0.2) is 9.18 Å². The minimum absolute atomic E-state index is 0.112. The molecule has 0 atom stereocenters. The van der Waals surface area contributed by atoms with E-state index in [-0.39, 0.29) is 17.0 Å². The Labute approximate surface area is 120 Å². The predicted octanol–water partition coefficient (Wildman–Crippen LogP) is 2.61. The first kappa shape index (κ1) is 13.6. The number of pyridine rings is 1. The number of carboxylic acid groups (broad SMARTS) is 1. The maximum Gasteiger partial charge on any atom is 0.343 e. The number of carbonyl (C=O) groups is 1. The summed E-state index contributed by atoms with van der Waals surface area (Å²) in [5.41, 5.74) is -0.392. The summed E-state index contributed by atoms with van der Waals surface area (Å²) in [4.78, 5) is 23.9. The first-order valence-corrected chi connectivity index (χ1v) is 6.89. The van der Waals surface area contributed by atoms with Gasteiger partial charge in [0.1, 0.15) is 17.2 Å². The SMILES string of the molecule is CCNc1c(C(=O)O)c(=O)c2cc(F)ccc2n1C1CC1. The number of anilines is 1. The van der Waals surface area contributed by atoms with Crippen molar-refractivity contribution in [1.82, 2.24) is 4.57 Å². The molecular formula is C15H15FN2O3. The first-order chi connectivity index (χ1) is 10.0. The van der Waals surface area contributed by atoms with Gasteiger partial charge in [-0.2, -0.15) is 0 Å². The number of aromatic nitrogens is 1. The topological polar surface area (TPSA) is 71.3 Å². The normalized spacial score (nSPS) is 14.4. The average Bonchev–Trinajstić information content (AvgIpc) is 3.24. The van der Waals surface area contributed by atoms with Crippen LogP contribution in [0.4, 0.5) is 10.2 Å². The molecule has 1 fully saturated rings. The molecule has 5 nitrogen and oxygen atoms in total. The zero-order valence-electron chi connectivity index (χ0n) is 11.5. The molecule has 1 saturated carbocycles. The minimum atomic E-state index is -1.29. The summed E-state index contributed by atoms with van der Waals surface area (Å²) in [5, 5.41) is 12.5. The molecular weight excluding hydrogens is 275 g/mol. The molecule has 1 aromatic heterocycles. The van der Waals surface area contributed by atoms with Gasteiger partial charge < -0.3 is 15.0 Å². The highest BCUT2D eigenvalue weighted by atomic mass is 19.1. The number of aromatic carboxylic acids is 1.